The van der Waals surface area contributed by atoms with Crippen LogP contribution in [0, 0.1) is 6.92 Å². The van der Waals surface area contributed by atoms with Gasteiger partial charge in [-0.3, -0.25) is 14.4 Å². The number of hydrogen-bond donors (Lipinski definition) is 1. The molecule has 2 aromatic rings. The minimum atomic E-state index is -1.06. The topological polar surface area (TPSA) is 100 Å². The van der Waals surface area contributed by atoms with E-state index in [2.05, 4.69) is 0 Å². The third-order valence-electron chi connectivity index (χ3n) is 4.75. The van der Waals surface area contributed by atoms with Gasteiger partial charge in [-0.05, 0) is 25.1 Å². The summed E-state index contributed by atoms with van der Waals surface area (Å²) in [5.74, 6) is -0.670. The van der Waals surface area contributed by atoms with E-state index < -0.39 is 5.97 Å². The average molecular weight is 386 g/mol. The molecule has 1 fully saturated rings. The number of piperazine rings is 1. The Morgan fingerprint density at radius 2 is 1.75 bits per heavy atom. The normalized spacial score (nSPS) is 14.1. The number of carbonyl (C=O) groups excluding carboxylic acids is 2. The van der Waals surface area contributed by atoms with E-state index in [4.69, 9.17) is 14.3 Å². The molecule has 28 heavy (non-hydrogen) atoms. The van der Waals surface area contributed by atoms with Crippen LogP contribution in [0.4, 0.5) is 0 Å². The molecule has 0 bridgehead atoms. The van der Waals surface area contributed by atoms with E-state index in [1.165, 1.54) is 6.26 Å². The number of carbonyl (C=O) groups is 3. The molecule has 1 saturated heterocycles. The fourth-order valence-corrected chi connectivity index (χ4v) is 3.26. The van der Waals surface area contributed by atoms with Crippen molar-refractivity contribution in [1.82, 2.24) is 9.80 Å². The highest BCUT2D eigenvalue weighted by atomic mass is 16.5. The van der Waals surface area contributed by atoms with E-state index in [1.54, 1.807) is 48.1 Å². The molecule has 2 amide bonds. The van der Waals surface area contributed by atoms with Gasteiger partial charge in [0.1, 0.15) is 17.9 Å². The van der Waals surface area contributed by atoms with Crippen molar-refractivity contribution in [2.75, 3.05) is 33.3 Å². The van der Waals surface area contributed by atoms with E-state index >= 15 is 0 Å². The zero-order chi connectivity index (χ0) is 20.3. The lowest BCUT2D eigenvalue weighted by atomic mass is 10.1. The van der Waals surface area contributed by atoms with E-state index in [1.807, 2.05) is 0 Å². The summed E-state index contributed by atoms with van der Waals surface area (Å²) < 4.78 is 10.4. The van der Waals surface area contributed by atoms with Gasteiger partial charge < -0.3 is 24.1 Å². The van der Waals surface area contributed by atoms with Crippen LogP contribution in [0.3, 0.4) is 0 Å². The lowest BCUT2D eigenvalue weighted by molar-refractivity contribution is -0.136. The first-order chi connectivity index (χ1) is 13.4. The van der Waals surface area contributed by atoms with Crippen LogP contribution in [-0.2, 0) is 11.2 Å². The number of methoxy groups -OCH3 is 1. The summed E-state index contributed by atoms with van der Waals surface area (Å²) in [6.07, 6.45) is 1.05. The van der Waals surface area contributed by atoms with Crippen molar-refractivity contribution in [3.63, 3.8) is 0 Å². The van der Waals surface area contributed by atoms with Gasteiger partial charge in [0.2, 0.25) is 0 Å². The Morgan fingerprint density at radius 1 is 1.11 bits per heavy atom. The van der Waals surface area contributed by atoms with Crippen LogP contribution in [0.2, 0.25) is 0 Å². The first-order valence-electron chi connectivity index (χ1n) is 8.92. The molecule has 148 valence electrons. The molecule has 0 atom stereocenters. The molecule has 8 nitrogen and oxygen atoms in total. The molecule has 1 aromatic heterocycles. The molecule has 2 heterocycles. The lowest BCUT2D eigenvalue weighted by Gasteiger charge is -2.35. The molecule has 0 spiro atoms. The molecule has 1 aliphatic heterocycles. The van der Waals surface area contributed by atoms with Crippen LogP contribution >= 0.6 is 0 Å². The van der Waals surface area contributed by atoms with Crippen molar-refractivity contribution in [3.8, 4) is 5.75 Å². The van der Waals surface area contributed by atoms with Crippen LogP contribution < -0.4 is 4.74 Å². The van der Waals surface area contributed by atoms with Crippen molar-refractivity contribution in [2.24, 2.45) is 0 Å². The number of amides is 2. The molecule has 0 radical (unpaired) electrons. The number of aryl methyl sites for hydroxylation is 1. The molecule has 1 aliphatic rings. The van der Waals surface area contributed by atoms with Gasteiger partial charge in [-0.2, -0.15) is 0 Å². The van der Waals surface area contributed by atoms with E-state index in [9.17, 15) is 14.4 Å². The largest absolute Gasteiger partial charge is 0.497 e. The molecule has 0 saturated carbocycles. The minimum absolute atomic E-state index is 0.114. The number of carboxylic acid groups (broad SMARTS) is 1. The highest BCUT2D eigenvalue weighted by molar-refractivity contribution is 5.98. The highest BCUT2D eigenvalue weighted by Gasteiger charge is 2.29. The van der Waals surface area contributed by atoms with Gasteiger partial charge in [-0.1, -0.05) is 6.07 Å². The number of aliphatic carboxylic acids is 1. The van der Waals surface area contributed by atoms with Crippen molar-refractivity contribution >= 4 is 17.8 Å². The standard InChI is InChI=1S/C20H22N2O6/c1-13-12-28-16(11-17(23)24)18(13)20(26)22-8-6-21(7-9-22)19(25)14-4-3-5-15(10-14)27-2/h3-5,10,12H,6-9,11H2,1-2H3,(H,23,24). The number of rotatable bonds is 5. The second kappa shape index (κ2) is 8.16. The number of ether oxygens (including phenoxy) is 1. The Balaban J connectivity index is 1.67. The zero-order valence-electron chi connectivity index (χ0n) is 15.8. The molecule has 0 unspecified atom stereocenters. The van der Waals surface area contributed by atoms with Crippen molar-refractivity contribution in [3.05, 3.63) is 53.0 Å². The highest BCUT2D eigenvalue weighted by Crippen LogP contribution is 2.21. The van der Waals surface area contributed by atoms with Crippen LogP contribution in [-0.4, -0.2) is 66.0 Å². The number of nitrogens with zero attached hydrogens (tertiary/aromatic N) is 2. The number of hydrogen-bond acceptors (Lipinski definition) is 5. The molecule has 1 N–H and O–H groups in total. The van der Waals surface area contributed by atoms with Crippen molar-refractivity contribution in [1.29, 1.82) is 0 Å². The van der Waals surface area contributed by atoms with E-state index in [-0.39, 0.29) is 24.0 Å². The smallest absolute Gasteiger partial charge is 0.311 e. The second-order valence-electron chi connectivity index (χ2n) is 6.60. The first kappa shape index (κ1) is 19.5. The Morgan fingerprint density at radius 3 is 2.36 bits per heavy atom. The van der Waals surface area contributed by atoms with Gasteiger partial charge in [-0.15, -0.1) is 0 Å². The maximum Gasteiger partial charge on any atom is 0.311 e. The van der Waals surface area contributed by atoms with Gasteiger partial charge in [0.15, 0.2) is 0 Å². The fourth-order valence-electron chi connectivity index (χ4n) is 3.26. The molecule has 3 rings (SSSR count). The predicted octanol–water partition coefficient (Wildman–Crippen LogP) is 1.82. The third kappa shape index (κ3) is 4.00. The van der Waals surface area contributed by atoms with Crippen molar-refractivity contribution in [2.45, 2.75) is 13.3 Å². The van der Waals surface area contributed by atoms with Crippen LogP contribution in [0.1, 0.15) is 32.0 Å². The Hall–Kier alpha value is -3.29. The van der Waals surface area contributed by atoms with Gasteiger partial charge in [0.25, 0.3) is 11.8 Å². The maximum atomic E-state index is 12.9. The first-order valence-corrected chi connectivity index (χ1v) is 8.92. The van der Waals surface area contributed by atoms with Crippen LogP contribution in [0.15, 0.2) is 34.9 Å². The summed E-state index contributed by atoms with van der Waals surface area (Å²) in [6.45, 7) is 3.24. The van der Waals surface area contributed by atoms with Crippen molar-refractivity contribution < 1.29 is 28.6 Å². The van der Waals surface area contributed by atoms with E-state index in [0.717, 1.165) is 0 Å². The lowest BCUT2D eigenvalue weighted by Crippen LogP contribution is -2.50. The molecular formula is C20H22N2O6. The number of carboxylic acids is 1. The SMILES string of the molecule is COc1cccc(C(=O)N2CCN(C(=O)c3c(C)coc3CC(=O)O)CC2)c1. The number of benzene rings is 1. The summed E-state index contributed by atoms with van der Waals surface area (Å²) >= 11 is 0. The summed E-state index contributed by atoms with van der Waals surface area (Å²) in [6, 6.07) is 6.95. The van der Waals surface area contributed by atoms with Crippen LogP contribution in [0.5, 0.6) is 5.75 Å². The predicted molar refractivity (Wildman–Crippen MR) is 99.6 cm³/mol. The fraction of sp³-hybridized carbons (Fsp3) is 0.350. The zero-order valence-corrected chi connectivity index (χ0v) is 15.8. The summed E-state index contributed by atoms with van der Waals surface area (Å²) in [4.78, 5) is 39.9. The summed E-state index contributed by atoms with van der Waals surface area (Å²) in [5.41, 5.74) is 1.44. The van der Waals surface area contributed by atoms with Gasteiger partial charge in [0.05, 0.1) is 18.9 Å². The Labute approximate surface area is 162 Å². The minimum Gasteiger partial charge on any atom is -0.497 e. The summed E-state index contributed by atoms with van der Waals surface area (Å²) in [5, 5.41) is 9.00. The molecular weight excluding hydrogens is 364 g/mol. The number of furan rings is 1. The molecule has 1 aromatic carbocycles. The Kier molecular flexibility index (Phi) is 5.67. The summed E-state index contributed by atoms with van der Waals surface area (Å²) in [7, 11) is 1.55. The molecule has 8 heteroatoms. The Bertz CT molecular complexity index is 896. The van der Waals surface area contributed by atoms with Gasteiger partial charge in [-0.25, -0.2) is 0 Å². The average Bonchev–Trinajstić information content (AvgIpc) is 3.06. The quantitative estimate of drug-likeness (QED) is 0.841. The second-order valence-corrected chi connectivity index (χ2v) is 6.60. The molecule has 0 aliphatic carbocycles. The van der Waals surface area contributed by atoms with E-state index in [0.29, 0.717) is 48.6 Å². The van der Waals surface area contributed by atoms with Gasteiger partial charge in [0, 0.05) is 37.3 Å². The van der Waals surface area contributed by atoms with Gasteiger partial charge >= 0.3 is 5.97 Å². The maximum absolute atomic E-state index is 12.9. The third-order valence-corrected chi connectivity index (χ3v) is 4.75. The monoisotopic (exact) mass is 386 g/mol. The van der Waals surface area contributed by atoms with Crippen LogP contribution in [0.25, 0.3) is 0 Å².